The molecule has 2 aromatic carbocycles. The van der Waals surface area contributed by atoms with Crippen LogP contribution >= 0.6 is 0 Å². The van der Waals surface area contributed by atoms with Crippen molar-refractivity contribution in [1.29, 1.82) is 0 Å². The molecule has 0 bridgehead atoms. The Labute approximate surface area is 158 Å². The lowest BCUT2D eigenvalue weighted by atomic mass is 10.1. The first-order valence-electron chi connectivity index (χ1n) is 7.86. The molecule has 0 unspecified atom stereocenters. The van der Waals surface area contributed by atoms with E-state index in [4.69, 9.17) is 14.2 Å². The number of ether oxygens (including phenoxy) is 3. The molecule has 0 aliphatic heterocycles. The van der Waals surface area contributed by atoms with E-state index in [0.29, 0.717) is 34.2 Å². The lowest BCUT2D eigenvalue weighted by Crippen LogP contribution is -2.24. The van der Waals surface area contributed by atoms with Crippen LogP contribution in [-0.4, -0.2) is 49.0 Å². The van der Waals surface area contributed by atoms with Gasteiger partial charge in [-0.1, -0.05) is 6.07 Å². The van der Waals surface area contributed by atoms with Crippen LogP contribution in [0, 0.1) is 0 Å². The summed E-state index contributed by atoms with van der Waals surface area (Å²) in [4.78, 5) is 12.6. The molecule has 0 spiro atoms. The molecule has 0 saturated heterocycles. The zero-order valence-electron chi connectivity index (χ0n) is 15.8. The number of sulfonamides is 1. The van der Waals surface area contributed by atoms with Crippen LogP contribution in [0.5, 0.6) is 17.2 Å². The van der Waals surface area contributed by atoms with E-state index in [1.165, 1.54) is 40.5 Å². The largest absolute Gasteiger partial charge is 0.493 e. The van der Waals surface area contributed by atoms with E-state index >= 15 is 0 Å². The van der Waals surface area contributed by atoms with E-state index in [9.17, 15) is 13.2 Å². The maximum Gasteiger partial charge on any atom is 0.255 e. The fraction of sp³-hybridized carbons (Fsp3) is 0.278. The summed E-state index contributed by atoms with van der Waals surface area (Å²) in [5, 5.41) is 2.73. The summed E-state index contributed by atoms with van der Waals surface area (Å²) in [6.45, 7) is 0. The van der Waals surface area contributed by atoms with Crippen LogP contribution in [-0.2, 0) is 10.0 Å². The molecule has 9 heteroatoms. The number of hydrogen-bond acceptors (Lipinski definition) is 6. The van der Waals surface area contributed by atoms with Gasteiger partial charge in [-0.15, -0.1) is 0 Å². The molecule has 27 heavy (non-hydrogen) atoms. The third-order valence-electron chi connectivity index (χ3n) is 3.89. The predicted octanol–water partition coefficient (Wildman–Crippen LogP) is 2.36. The van der Waals surface area contributed by atoms with Gasteiger partial charge in [0, 0.05) is 18.3 Å². The van der Waals surface area contributed by atoms with Crippen molar-refractivity contribution in [3.05, 3.63) is 42.0 Å². The lowest BCUT2D eigenvalue weighted by molar-refractivity contribution is 0.102. The topological polar surface area (TPSA) is 94.2 Å². The van der Waals surface area contributed by atoms with Crippen LogP contribution in [0.3, 0.4) is 0 Å². The second kappa shape index (κ2) is 8.17. The van der Waals surface area contributed by atoms with Gasteiger partial charge in [0.25, 0.3) is 5.91 Å². The number of amides is 1. The first-order valence-corrected chi connectivity index (χ1v) is 9.71. The molecule has 0 aliphatic rings. The Hall–Kier alpha value is -2.94. The maximum absolute atomic E-state index is 12.6. The van der Waals surface area contributed by atoms with Crippen molar-refractivity contribution in [2.75, 3.05) is 44.3 Å². The standard InChI is InChI=1S/C18H22N2O6S/c1-20(27(5,22)23)14-8-6-7-13(11-14)19-18(21)12-9-15(24-2)17(26-4)16(10-12)25-3/h6-11H,1-5H3,(H,19,21). The van der Waals surface area contributed by atoms with Crippen LogP contribution < -0.4 is 23.8 Å². The van der Waals surface area contributed by atoms with Crippen LogP contribution in [0.4, 0.5) is 11.4 Å². The van der Waals surface area contributed by atoms with Gasteiger partial charge < -0.3 is 19.5 Å². The number of nitrogens with one attached hydrogen (secondary N) is 1. The summed E-state index contributed by atoms with van der Waals surface area (Å²) in [5.41, 5.74) is 1.17. The van der Waals surface area contributed by atoms with E-state index in [0.717, 1.165) is 10.6 Å². The van der Waals surface area contributed by atoms with Gasteiger partial charge in [0.1, 0.15) is 0 Å². The molecule has 0 heterocycles. The SMILES string of the molecule is COc1cc(C(=O)Nc2cccc(N(C)S(C)(=O)=O)c2)cc(OC)c1OC. The zero-order chi connectivity index (χ0) is 20.2. The van der Waals surface area contributed by atoms with E-state index in [-0.39, 0.29) is 0 Å². The molecule has 146 valence electrons. The highest BCUT2D eigenvalue weighted by molar-refractivity contribution is 7.92. The Morgan fingerprint density at radius 3 is 2.07 bits per heavy atom. The average molecular weight is 394 g/mol. The predicted molar refractivity (Wildman–Crippen MR) is 104 cm³/mol. The quantitative estimate of drug-likeness (QED) is 0.775. The fourth-order valence-electron chi connectivity index (χ4n) is 2.39. The number of carbonyl (C=O) groups excluding carboxylic acids is 1. The van der Waals surface area contributed by atoms with E-state index in [1.807, 2.05) is 0 Å². The van der Waals surface area contributed by atoms with Gasteiger partial charge in [-0.25, -0.2) is 8.42 Å². The zero-order valence-corrected chi connectivity index (χ0v) is 16.6. The van der Waals surface area contributed by atoms with Crippen LogP contribution in [0.15, 0.2) is 36.4 Å². The highest BCUT2D eigenvalue weighted by Crippen LogP contribution is 2.38. The molecule has 8 nitrogen and oxygen atoms in total. The lowest BCUT2D eigenvalue weighted by Gasteiger charge is -2.18. The molecule has 2 rings (SSSR count). The highest BCUT2D eigenvalue weighted by Gasteiger charge is 2.18. The molecule has 0 fully saturated rings. The number of rotatable bonds is 7. The third-order valence-corrected chi connectivity index (χ3v) is 5.10. The second-order valence-electron chi connectivity index (χ2n) is 5.65. The molecule has 1 N–H and O–H groups in total. The normalized spacial score (nSPS) is 10.9. The average Bonchev–Trinajstić information content (AvgIpc) is 2.65. The number of carbonyl (C=O) groups is 1. The van der Waals surface area contributed by atoms with Gasteiger partial charge in [0.15, 0.2) is 11.5 Å². The Bertz CT molecular complexity index is 918. The molecule has 0 radical (unpaired) electrons. The van der Waals surface area contributed by atoms with Crippen molar-refractivity contribution >= 4 is 27.3 Å². The van der Waals surface area contributed by atoms with Crippen molar-refractivity contribution in [2.24, 2.45) is 0 Å². The maximum atomic E-state index is 12.6. The highest BCUT2D eigenvalue weighted by atomic mass is 32.2. The van der Waals surface area contributed by atoms with Crippen LogP contribution in [0.2, 0.25) is 0 Å². The van der Waals surface area contributed by atoms with E-state index in [2.05, 4.69) is 5.32 Å². The fourth-order valence-corrected chi connectivity index (χ4v) is 2.88. The van der Waals surface area contributed by atoms with Gasteiger partial charge in [-0.3, -0.25) is 9.10 Å². The van der Waals surface area contributed by atoms with E-state index < -0.39 is 15.9 Å². The monoisotopic (exact) mass is 394 g/mol. The van der Waals surface area contributed by atoms with Gasteiger partial charge in [0.2, 0.25) is 15.8 Å². The minimum absolute atomic E-state index is 0.298. The molecular weight excluding hydrogens is 372 g/mol. The number of hydrogen-bond donors (Lipinski definition) is 1. The number of methoxy groups -OCH3 is 3. The summed E-state index contributed by atoms with van der Waals surface area (Å²) in [6.07, 6.45) is 1.11. The minimum Gasteiger partial charge on any atom is -0.493 e. The van der Waals surface area contributed by atoms with Gasteiger partial charge in [-0.05, 0) is 30.3 Å². The van der Waals surface area contributed by atoms with Gasteiger partial charge in [-0.2, -0.15) is 0 Å². The Balaban J connectivity index is 2.33. The number of nitrogens with zero attached hydrogens (tertiary/aromatic N) is 1. The number of anilines is 2. The van der Waals surface area contributed by atoms with Gasteiger partial charge in [0.05, 0.1) is 33.3 Å². The Kier molecular flexibility index (Phi) is 6.17. The minimum atomic E-state index is -3.41. The third kappa shape index (κ3) is 4.62. The summed E-state index contributed by atoms with van der Waals surface area (Å²) in [6, 6.07) is 9.58. The van der Waals surface area contributed by atoms with Crippen LogP contribution in [0.25, 0.3) is 0 Å². The van der Waals surface area contributed by atoms with E-state index in [1.54, 1.807) is 24.3 Å². The first kappa shape index (κ1) is 20.4. The molecule has 0 aliphatic carbocycles. The van der Waals surface area contributed by atoms with Crippen molar-refractivity contribution in [3.8, 4) is 17.2 Å². The Morgan fingerprint density at radius 2 is 1.59 bits per heavy atom. The molecule has 0 saturated carbocycles. The first-order chi connectivity index (χ1) is 12.7. The molecule has 2 aromatic rings. The summed E-state index contributed by atoms with van der Waals surface area (Å²) >= 11 is 0. The van der Waals surface area contributed by atoms with Crippen LogP contribution in [0.1, 0.15) is 10.4 Å². The molecule has 0 atom stereocenters. The number of benzene rings is 2. The summed E-state index contributed by atoms with van der Waals surface area (Å²) in [5.74, 6) is 0.682. The van der Waals surface area contributed by atoms with Crippen molar-refractivity contribution < 1.29 is 27.4 Å². The molecule has 1 amide bonds. The molecule has 0 aromatic heterocycles. The van der Waals surface area contributed by atoms with Crippen molar-refractivity contribution in [2.45, 2.75) is 0 Å². The summed E-state index contributed by atoms with van der Waals surface area (Å²) in [7, 11) is 2.43. The molecular formula is C18H22N2O6S. The second-order valence-corrected chi connectivity index (χ2v) is 7.66. The van der Waals surface area contributed by atoms with Crippen molar-refractivity contribution in [1.82, 2.24) is 0 Å². The Morgan fingerprint density at radius 1 is 1.00 bits per heavy atom. The van der Waals surface area contributed by atoms with Crippen molar-refractivity contribution in [3.63, 3.8) is 0 Å². The smallest absolute Gasteiger partial charge is 0.255 e. The summed E-state index contributed by atoms with van der Waals surface area (Å²) < 4.78 is 40.2. The van der Waals surface area contributed by atoms with Gasteiger partial charge >= 0.3 is 0 Å².